The molecule has 7 heteroatoms. The maximum absolute atomic E-state index is 10.5. The molecule has 1 fully saturated rings. The van der Waals surface area contributed by atoms with Crippen molar-refractivity contribution < 1.29 is 19.4 Å². The summed E-state index contributed by atoms with van der Waals surface area (Å²) >= 11 is 0. The second-order valence-electron chi connectivity index (χ2n) is 5.40. The molecule has 23 heavy (non-hydrogen) atoms. The Morgan fingerprint density at radius 2 is 2.22 bits per heavy atom. The van der Waals surface area contributed by atoms with Crippen LogP contribution in [0.25, 0.3) is 0 Å². The summed E-state index contributed by atoms with van der Waals surface area (Å²) in [5, 5.41) is 15.6. The lowest BCUT2D eigenvalue weighted by Crippen LogP contribution is -2.39. The molecule has 0 aliphatic carbocycles. The summed E-state index contributed by atoms with van der Waals surface area (Å²) in [5.74, 6) is -0.423. The molecule has 1 aliphatic heterocycles. The van der Waals surface area contributed by atoms with E-state index in [1.54, 1.807) is 18.3 Å². The first-order valence-electron chi connectivity index (χ1n) is 7.47. The first-order valence-corrected chi connectivity index (χ1v) is 7.47. The molecule has 0 radical (unpaired) electrons. The summed E-state index contributed by atoms with van der Waals surface area (Å²) in [6.07, 6.45) is 1.75. The topological polar surface area (TPSA) is 87.7 Å². The molecule has 2 heterocycles. The Hall–Kier alpha value is -2.38. The van der Waals surface area contributed by atoms with Crippen LogP contribution in [0, 0.1) is 0 Å². The molecule has 2 aromatic rings. The Kier molecular flexibility index (Phi) is 4.89. The van der Waals surface area contributed by atoms with Crippen molar-refractivity contribution in [2.24, 2.45) is 0 Å². The van der Waals surface area contributed by atoms with Gasteiger partial charge in [-0.05, 0) is 23.8 Å². The van der Waals surface area contributed by atoms with Gasteiger partial charge in [0.1, 0.15) is 5.75 Å². The van der Waals surface area contributed by atoms with Gasteiger partial charge < -0.3 is 14.6 Å². The number of aliphatic carboxylic acids is 1. The number of H-pyrrole nitrogens is 1. The van der Waals surface area contributed by atoms with E-state index in [1.165, 1.54) is 0 Å². The predicted octanol–water partition coefficient (Wildman–Crippen LogP) is 1.45. The van der Waals surface area contributed by atoms with Crippen molar-refractivity contribution in [2.45, 2.75) is 12.6 Å². The van der Waals surface area contributed by atoms with Crippen molar-refractivity contribution >= 4 is 5.97 Å². The first kappa shape index (κ1) is 15.5. The first-order chi connectivity index (χ1) is 11.2. The Morgan fingerprint density at radius 1 is 1.39 bits per heavy atom. The number of carbonyl (C=O) groups is 1. The summed E-state index contributed by atoms with van der Waals surface area (Å²) in [4.78, 5) is 12.8. The number of hydrogen-bond acceptors (Lipinski definition) is 5. The van der Waals surface area contributed by atoms with Gasteiger partial charge in [-0.15, -0.1) is 0 Å². The standard InChI is InChI=1S/C16H19N3O4/c20-16(21)11-23-13-3-1-12(2-4-13)9-19-7-8-22-10-15(19)14-5-6-17-18-14/h1-6,15H,7-11H2,(H,17,18)(H,20,21)/t15-/m1/s1. The highest BCUT2D eigenvalue weighted by Crippen LogP contribution is 2.25. The van der Waals surface area contributed by atoms with Crippen molar-refractivity contribution in [3.8, 4) is 5.75 Å². The van der Waals surface area contributed by atoms with Crippen molar-refractivity contribution in [3.05, 3.63) is 47.8 Å². The van der Waals surface area contributed by atoms with Gasteiger partial charge in [-0.1, -0.05) is 12.1 Å². The fraction of sp³-hybridized carbons (Fsp3) is 0.375. The summed E-state index contributed by atoms with van der Waals surface area (Å²) < 4.78 is 10.7. The van der Waals surface area contributed by atoms with E-state index in [0.717, 1.165) is 24.3 Å². The van der Waals surface area contributed by atoms with Crippen molar-refractivity contribution in [1.82, 2.24) is 15.1 Å². The summed E-state index contributed by atoms with van der Waals surface area (Å²) in [5.41, 5.74) is 2.19. The Labute approximate surface area is 133 Å². The Morgan fingerprint density at radius 3 is 2.91 bits per heavy atom. The molecule has 0 saturated carbocycles. The van der Waals surface area contributed by atoms with E-state index in [2.05, 4.69) is 15.1 Å². The van der Waals surface area contributed by atoms with Crippen LogP contribution in [0.3, 0.4) is 0 Å². The molecule has 122 valence electrons. The molecule has 2 N–H and O–H groups in total. The fourth-order valence-corrected chi connectivity index (χ4v) is 2.64. The maximum Gasteiger partial charge on any atom is 0.341 e. The molecule has 1 aliphatic rings. The highest BCUT2D eigenvalue weighted by atomic mass is 16.5. The summed E-state index contributed by atoms with van der Waals surface area (Å²) in [6, 6.07) is 9.63. The van der Waals surface area contributed by atoms with Gasteiger partial charge in [0.2, 0.25) is 0 Å². The van der Waals surface area contributed by atoms with Crippen LogP contribution in [-0.2, 0) is 16.1 Å². The van der Waals surface area contributed by atoms with Crippen LogP contribution >= 0.6 is 0 Å². The number of aromatic amines is 1. The lowest BCUT2D eigenvalue weighted by atomic mass is 10.1. The molecular formula is C16H19N3O4. The number of carboxylic acids is 1. The molecule has 0 amide bonds. The third kappa shape index (κ3) is 4.08. The number of rotatable bonds is 6. The zero-order chi connectivity index (χ0) is 16.1. The highest BCUT2D eigenvalue weighted by Gasteiger charge is 2.25. The SMILES string of the molecule is O=C(O)COc1ccc(CN2CCOC[C@@H]2c2ccn[nH]2)cc1. The van der Waals surface area contributed by atoms with Gasteiger partial charge in [0.25, 0.3) is 0 Å². The zero-order valence-electron chi connectivity index (χ0n) is 12.6. The molecule has 1 aromatic carbocycles. The third-order valence-electron chi connectivity index (χ3n) is 3.79. The van der Waals surface area contributed by atoms with Crippen molar-refractivity contribution in [1.29, 1.82) is 0 Å². The number of nitrogens with one attached hydrogen (secondary N) is 1. The molecule has 0 bridgehead atoms. The quantitative estimate of drug-likeness (QED) is 0.838. The number of benzene rings is 1. The average molecular weight is 317 g/mol. The van der Waals surface area contributed by atoms with E-state index in [-0.39, 0.29) is 12.6 Å². The van der Waals surface area contributed by atoms with E-state index >= 15 is 0 Å². The van der Waals surface area contributed by atoms with E-state index in [1.807, 2.05) is 18.2 Å². The number of nitrogens with zero attached hydrogens (tertiary/aromatic N) is 2. The van der Waals surface area contributed by atoms with Crippen LogP contribution in [0.15, 0.2) is 36.5 Å². The largest absolute Gasteiger partial charge is 0.482 e. The van der Waals surface area contributed by atoms with Gasteiger partial charge in [-0.2, -0.15) is 5.10 Å². The summed E-state index contributed by atoms with van der Waals surface area (Å²) in [6.45, 7) is 2.66. The molecule has 0 unspecified atom stereocenters. The van der Waals surface area contributed by atoms with Crippen LogP contribution in [0.2, 0.25) is 0 Å². The van der Waals surface area contributed by atoms with Crippen molar-refractivity contribution in [3.63, 3.8) is 0 Å². The number of aromatic nitrogens is 2. The van der Waals surface area contributed by atoms with Gasteiger partial charge >= 0.3 is 5.97 Å². The Bertz CT molecular complexity index is 627. The predicted molar refractivity (Wildman–Crippen MR) is 82.1 cm³/mol. The van der Waals surface area contributed by atoms with E-state index in [0.29, 0.717) is 19.0 Å². The number of morpholine rings is 1. The second kappa shape index (κ2) is 7.26. The van der Waals surface area contributed by atoms with Gasteiger partial charge in [-0.3, -0.25) is 10.00 Å². The molecular weight excluding hydrogens is 298 g/mol. The number of carboxylic acid groups (broad SMARTS) is 1. The smallest absolute Gasteiger partial charge is 0.341 e. The second-order valence-corrected chi connectivity index (χ2v) is 5.40. The fourth-order valence-electron chi connectivity index (χ4n) is 2.64. The molecule has 7 nitrogen and oxygen atoms in total. The van der Waals surface area contributed by atoms with Crippen molar-refractivity contribution in [2.75, 3.05) is 26.4 Å². The van der Waals surface area contributed by atoms with Gasteiger partial charge in [0, 0.05) is 19.3 Å². The van der Waals surface area contributed by atoms with Crippen LogP contribution < -0.4 is 4.74 Å². The van der Waals surface area contributed by atoms with Gasteiger partial charge in [0.15, 0.2) is 6.61 Å². The Balaban J connectivity index is 1.64. The molecule has 3 rings (SSSR count). The van der Waals surface area contributed by atoms with Crippen LogP contribution in [-0.4, -0.2) is 52.5 Å². The minimum Gasteiger partial charge on any atom is -0.482 e. The zero-order valence-corrected chi connectivity index (χ0v) is 12.6. The van der Waals surface area contributed by atoms with Gasteiger partial charge in [0.05, 0.1) is 24.9 Å². The third-order valence-corrected chi connectivity index (χ3v) is 3.79. The number of hydrogen-bond donors (Lipinski definition) is 2. The normalized spacial score (nSPS) is 18.7. The van der Waals surface area contributed by atoms with Crippen LogP contribution in [0.4, 0.5) is 0 Å². The van der Waals surface area contributed by atoms with Crippen LogP contribution in [0.1, 0.15) is 17.3 Å². The minimum atomic E-state index is -0.982. The monoisotopic (exact) mass is 317 g/mol. The molecule has 1 atom stereocenters. The number of ether oxygens (including phenoxy) is 2. The molecule has 0 spiro atoms. The molecule has 1 aromatic heterocycles. The lowest BCUT2D eigenvalue weighted by Gasteiger charge is -2.34. The minimum absolute atomic E-state index is 0.161. The molecule has 1 saturated heterocycles. The average Bonchev–Trinajstić information content (AvgIpc) is 3.09. The van der Waals surface area contributed by atoms with E-state index in [9.17, 15) is 4.79 Å². The maximum atomic E-state index is 10.5. The van der Waals surface area contributed by atoms with Gasteiger partial charge in [-0.25, -0.2) is 4.79 Å². The van der Waals surface area contributed by atoms with E-state index in [4.69, 9.17) is 14.6 Å². The highest BCUT2D eigenvalue weighted by molar-refractivity contribution is 5.68. The summed E-state index contributed by atoms with van der Waals surface area (Å²) in [7, 11) is 0. The van der Waals surface area contributed by atoms with E-state index < -0.39 is 5.97 Å². The van der Waals surface area contributed by atoms with Crippen LogP contribution in [0.5, 0.6) is 5.75 Å². The lowest BCUT2D eigenvalue weighted by molar-refractivity contribution is -0.139.